The Hall–Kier alpha value is -2.22. The van der Waals surface area contributed by atoms with Gasteiger partial charge in [0, 0.05) is 12.3 Å². The van der Waals surface area contributed by atoms with Crippen LogP contribution in [0, 0.1) is 0 Å². The summed E-state index contributed by atoms with van der Waals surface area (Å²) in [4.78, 5) is 24.5. The first kappa shape index (κ1) is 17.1. The van der Waals surface area contributed by atoms with Crippen LogP contribution in [0.25, 0.3) is 0 Å². The van der Waals surface area contributed by atoms with E-state index in [0.29, 0.717) is 6.42 Å². The maximum Gasteiger partial charge on any atom is 0.147 e. The molecule has 0 amide bonds. The fourth-order valence-corrected chi connectivity index (χ4v) is 2.84. The second kappa shape index (κ2) is 9.04. The number of aryl methyl sites for hydroxylation is 1. The Morgan fingerprint density at radius 1 is 0.913 bits per heavy atom. The highest BCUT2D eigenvalue weighted by Gasteiger charge is 2.22. The number of hydrogen-bond acceptors (Lipinski definition) is 2. The molecule has 0 aliphatic rings. The Balaban J connectivity index is 2.09. The van der Waals surface area contributed by atoms with Crippen LogP contribution < -0.4 is 0 Å². The van der Waals surface area contributed by atoms with Gasteiger partial charge in [0.1, 0.15) is 11.6 Å². The number of benzene rings is 2. The van der Waals surface area contributed by atoms with Crippen molar-refractivity contribution in [1.82, 2.24) is 0 Å². The summed E-state index contributed by atoms with van der Waals surface area (Å²) in [5, 5.41) is 0. The Morgan fingerprint density at radius 2 is 1.52 bits per heavy atom. The fraction of sp³-hybridized carbons (Fsp3) is 0.333. The molecule has 0 saturated carbocycles. The standard InChI is InChI=1S/C21H24O2/c1-2-9-19(22)16-21(23)20(18-12-7-4-8-13-18)15-14-17-10-5-3-6-11-17/h3-8,10-13,20H,2,9,14-16H2,1H3. The van der Waals surface area contributed by atoms with Gasteiger partial charge >= 0.3 is 0 Å². The summed E-state index contributed by atoms with van der Waals surface area (Å²) < 4.78 is 0. The maximum atomic E-state index is 12.6. The molecule has 0 N–H and O–H groups in total. The number of carbonyl (C=O) groups is 2. The van der Waals surface area contributed by atoms with Gasteiger partial charge in [-0.3, -0.25) is 9.59 Å². The van der Waals surface area contributed by atoms with Crippen LogP contribution in [0.3, 0.4) is 0 Å². The molecule has 0 aromatic heterocycles. The van der Waals surface area contributed by atoms with Crippen LogP contribution in [0.4, 0.5) is 0 Å². The molecule has 0 radical (unpaired) electrons. The van der Waals surface area contributed by atoms with Crippen molar-refractivity contribution in [2.75, 3.05) is 0 Å². The molecule has 0 bridgehead atoms. The van der Waals surface area contributed by atoms with Gasteiger partial charge in [0.15, 0.2) is 0 Å². The van der Waals surface area contributed by atoms with E-state index in [2.05, 4.69) is 12.1 Å². The van der Waals surface area contributed by atoms with Crippen LogP contribution >= 0.6 is 0 Å². The zero-order chi connectivity index (χ0) is 16.5. The van der Waals surface area contributed by atoms with Gasteiger partial charge in [-0.1, -0.05) is 67.6 Å². The molecule has 2 nitrogen and oxygen atoms in total. The number of rotatable bonds is 9. The third-order valence-electron chi connectivity index (χ3n) is 4.06. The van der Waals surface area contributed by atoms with Gasteiger partial charge in [0.05, 0.1) is 6.42 Å². The van der Waals surface area contributed by atoms with E-state index < -0.39 is 0 Å². The average Bonchev–Trinajstić information content (AvgIpc) is 2.57. The van der Waals surface area contributed by atoms with E-state index in [-0.39, 0.29) is 23.9 Å². The lowest BCUT2D eigenvalue weighted by Gasteiger charge is -2.16. The van der Waals surface area contributed by atoms with Crippen molar-refractivity contribution in [3.05, 3.63) is 71.8 Å². The molecule has 0 heterocycles. The summed E-state index contributed by atoms with van der Waals surface area (Å²) in [6.07, 6.45) is 2.93. The molecular formula is C21H24O2. The van der Waals surface area contributed by atoms with Gasteiger partial charge in [-0.05, 0) is 30.4 Å². The van der Waals surface area contributed by atoms with Gasteiger partial charge in [0.2, 0.25) is 0 Å². The second-order valence-electron chi connectivity index (χ2n) is 5.92. The quantitative estimate of drug-likeness (QED) is 0.627. The predicted octanol–water partition coefficient (Wildman–Crippen LogP) is 4.73. The van der Waals surface area contributed by atoms with Crippen molar-refractivity contribution in [3.63, 3.8) is 0 Å². The normalized spacial score (nSPS) is 11.9. The van der Waals surface area contributed by atoms with Crippen molar-refractivity contribution in [3.8, 4) is 0 Å². The van der Waals surface area contributed by atoms with E-state index in [9.17, 15) is 9.59 Å². The topological polar surface area (TPSA) is 34.1 Å². The van der Waals surface area contributed by atoms with Crippen molar-refractivity contribution in [2.24, 2.45) is 0 Å². The van der Waals surface area contributed by atoms with Gasteiger partial charge < -0.3 is 0 Å². The maximum absolute atomic E-state index is 12.6. The van der Waals surface area contributed by atoms with Gasteiger partial charge in [0.25, 0.3) is 0 Å². The van der Waals surface area contributed by atoms with Crippen LogP contribution in [0.5, 0.6) is 0 Å². The third kappa shape index (κ3) is 5.48. The van der Waals surface area contributed by atoms with E-state index in [4.69, 9.17) is 0 Å². The smallest absolute Gasteiger partial charge is 0.147 e. The number of Topliss-reactive ketones (excluding diaryl/α,β-unsaturated/α-hetero) is 2. The monoisotopic (exact) mass is 308 g/mol. The SMILES string of the molecule is CCCC(=O)CC(=O)C(CCc1ccccc1)c1ccccc1. The summed E-state index contributed by atoms with van der Waals surface area (Å²) >= 11 is 0. The van der Waals surface area contributed by atoms with Gasteiger partial charge in [-0.2, -0.15) is 0 Å². The van der Waals surface area contributed by atoms with E-state index >= 15 is 0 Å². The molecule has 0 saturated heterocycles. The van der Waals surface area contributed by atoms with E-state index in [0.717, 1.165) is 24.8 Å². The average molecular weight is 308 g/mol. The molecule has 120 valence electrons. The number of hydrogen-bond donors (Lipinski definition) is 0. The minimum Gasteiger partial charge on any atom is -0.299 e. The van der Waals surface area contributed by atoms with Crippen LogP contribution in [-0.2, 0) is 16.0 Å². The summed E-state index contributed by atoms with van der Waals surface area (Å²) in [6, 6.07) is 20.0. The van der Waals surface area contributed by atoms with Crippen molar-refractivity contribution >= 4 is 11.6 Å². The van der Waals surface area contributed by atoms with Crippen molar-refractivity contribution < 1.29 is 9.59 Å². The molecule has 23 heavy (non-hydrogen) atoms. The van der Waals surface area contributed by atoms with Gasteiger partial charge in [-0.15, -0.1) is 0 Å². The minimum atomic E-state index is -0.197. The number of carbonyl (C=O) groups excluding carboxylic acids is 2. The van der Waals surface area contributed by atoms with Crippen molar-refractivity contribution in [2.45, 2.75) is 44.9 Å². The second-order valence-corrected chi connectivity index (χ2v) is 5.92. The Bertz CT molecular complexity index is 617. The summed E-state index contributed by atoms with van der Waals surface area (Å²) in [5.74, 6) is -0.0964. The first-order chi connectivity index (χ1) is 11.2. The molecule has 0 fully saturated rings. The van der Waals surface area contributed by atoms with Crippen molar-refractivity contribution in [1.29, 1.82) is 0 Å². The Kier molecular flexibility index (Phi) is 6.74. The Labute approximate surface area is 138 Å². The summed E-state index contributed by atoms with van der Waals surface area (Å²) in [5.41, 5.74) is 2.24. The van der Waals surface area contributed by atoms with Crippen LogP contribution in [0.15, 0.2) is 60.7 Å². The Morgan fingerprint density at radius 3 is 2.13 bits per heavy atom. The van der Waals surface area contributed by atoms with Crippen LogP contribution in [-0.4, -0.2) is 11.6 Å². The van der Waals surface area contributed by atoms with E-state index in [1.807, 2.05) is 55.5 Å². The fourth-order valence-electron chi connectivity index (χ4n) is 2.84. The summed E-state index contributed by atoms with van der Waals surface area (Å²) in [6.45, 7) is 1.96. The van der Waals surface area contributed by atoms with E-state index in [1.54, 1.807) is 0 Å². The molecule has 1 unspecified atom stereocenters. The first-order valence-electron chi connectivity index (χ1n) is 8.34. The zero-order valence-corrected chi connectivity index (χ0v) is 13.7. The first-order valence-corrected chi connectivity index (χ1v) is 8.34. The molecule has 1 atom stereocenters. The molecular weight excluding hydrogens is 284 g/mol. The van der Waals surface area contributed by atoms with Crippen LogP contribution in [0.1, 0.15) is 49.7 Å². The lowest BCUT2D eigenvalue weighted by Crippen LogP contribution is -2.17. The highest BCUT2D eigenvalue weighted by molar-refractivity contribution is 6.02. The lowest BCUT2D eigenvalue weighted by molar-refractivity contribution is -0.127. The highest BCUT2D eigenvalue weighted by atomic mass is 16.1. The number of ketones is 2. The third-order valence-corrected chi connectivity index (χ3v) is 4.06. The highest BCUT2D eigenvalue weighted by Crippen LogP contribution is 2.24. The predicted molar refractivity (Wildman–Crippen MR) is 93.5 cm³/mol. The molecule has 2 heteroatoms. The van der Waals surface area contributed by atoms with Gasteiger partial charge in [-0.25, -0.2) is 0 Å². The molecule has 2 rings (SSSR count). The lowest BCUT2D eigenvalue weighted by atomic mass is 9.86. The molecule has 0 aliphatic heterocycles. The zero-order valence-electron chi connectivity index (χ0n) is 13.7. The molecule has 0 spiro atoms. The largest absolute Gasteiger partial charge is 0.299 e. The van der Waals surface area contributed by atoms with E-state index in [1.165, 1.54) is 5.56 Å². The van der Waals surface area contributed by atoms with Crippen LogP contribution in [0.2, 0.25) is 0 Å². The summed E-state index contributed by atoms with van der Waals surface area (Å²) in [7, 11) is 0. The molecule has 2 aromatic rings. The molecule has 2 aromatic carbocycles. The molecule has 0 aliphatic carbocycles. The minimum absolute atomic E-state index is 0.0468.